The maximum absolute atomic E-state index is 13.0. The first kappa shape index (κ1) is 21.3. The fourth-order valence-electron chi connectivity index (χ4n) is 4.23. The number of amides is 1. The Morgan fingerprint density at radius 3 is 2.73 bits per heavy atom. The van der Waals surface area contributed by atoms with Crippen molar-refractivity contribution >= 4 is 17.5 Å². The highest BCUT2D eigenvalue weighted by Gasteiger charge is 2.27. The van der Waals surface area contributed by atoms with Crippen molar-refractivity contribution in [2.45, 2.75) is 19.4 Å². The molecule has 2 fully saturated rings. The molecule has 1 atom stereocenters. The molecule has 11 nitrogen and oxygen atoms in total. The van der Waals surface area contributed by atoms with Gasteiger partial charge >= 0.3 is 0 Å². The van der Waals surface area contributed by atoms with Gasteiger partial charge in [0.1, 0.15) is 30.6 Å². The lowest BCUT2D eigenvalue weighted by molar-refractivity contribution is -0.125. The van der Waals surface area contributed by atoms with Crippen LogP contribution in [0.5, 0.6) is 0 Å². The summed E-state index contributed by atoms with van der Waals surface area (Å²) in [5.74, 6) is 2.34. The minimum Gasteiger partial charge on any atom is -0.378 e. The highest BCUT2D eigenvalue weighted by Crippen LogP contribution is 2.23. The number of rotatable bonds is 6. The Morgan fingerprint density at radius 1 is 1.03 bits per heavy atom. The van der Waals surface area contributed by atoms with Gasteiger partial charge in [0.25, 0.3) is 0 Å². The predicted octanol–water partition coefficient (Wildman–Crippen LogP) is 0.822. The lowest BCUT2D eigenvalue weighted by atomic mass is 9.97. The van der Waals surface area contributed by atoms with E-state index in [1.165, 1.54) is 12.7 Å². The van der Waals surface area contributed by atoms with Gasteiger partial charge in [-0.2, -0.15) is 5.10 Å². The first-order valence-electron chi connectivity index (χ1n) is 11.2. The summed E-state index contributed by atoms with van der Waals surface area (Å²) < 4.78 is 7.01. The number of piperidine rings is 1. The van der Waals surface area contributed by atoms with Crippen molar-refractivity contribution in [3.05, 3.63) is 48.9 Å². The third kappa shape index (κ3) is 5.08. The molecule has 2 aliphatic rings. The molecule has 2 saturated heterocycles. The smallest absolute Gasteiger partial charge is 0.225 e. The molecule has 3 aromatic rings. The second kappa shape index (κ2) is 9.90. The molecule has 1 unspecified atom stereocenters. The van der Waals surface area contributed by atoms with E-state index in [1.54, 1.807) is 17.2 Å². The van der Waals surface area contributed by atoms with Crippen LogP contribution in [0.1, 0.15) is 18.4 Å². The molecular formula is C22H27N9O2. The van der Waals surface area contributed by atoms with E-state index in [9.17, 15) is 4.79 Å². The molecule has 0 saturated carbocycles. The Kier molecular flexibility index (Phi) is 6.38. The van der Waals surface area contributed by atoms with Crippen LogP contribution in [-0.2, 0) is 16.1 Å². The summed E-state index contributed by atoms with van der Waals surface area (Å²) in [4.78, 5) is 34.4. The van der Waals surface area contributed by atoms with Crippen LogP contribution in [0, 0.1) is 5.92 Å². The number of carbonyl (C=O) groups is 1. The maximum Gasteiger partial charge on any atom is 0.225 e. The van der Waals surface area contributed by atoms with Gasteiger partial charge in [-0.3, -0.25) is 4.79 Å². The van der Waals surface area contributed by atoms with Crippen LogP contribution >= 0.6 is 0 Å². The summed E-state index contributed by atoms with van der Waals surface area (Å²) in [6, 6.07) is 5.87. The van der Waals surface area contributed by atoms with Crippen molar-refractivity contribution < 1.29 is 9.53 Å². The second-order valence-corrected chi connectivity index (χ2v) is 8.20. The molecule has 0 aliphatic carbocycles. The third-order valence-corrected chi connectivity index (χ3v) is 6.02. The van der Waals surface area contributed by atoms with E-state index in [0.717, 1.165) is 49.7 Å². The normalized spacial score (nSPS) is 18.8. The summed E-state index contributed by atoms with van der Waals surface area (Å²) in [5.41, 5.74) is 1.04. The molecule has 0 bridgehead atoms. The van der Waals surface area contributed by atoms with Gasteiger partial charge in [-0.25, -0.2) is 24.6 Å². The Labute approximate surface area is 191 Å². The van der Waals surface area contributed by atoms with Crippen molar-refractivity contribution in [3.63, 3.8) is 0 Å². The summed E-state index contributed by atoms with van der Waals surface area (Å²) in [7, 11) is 0. The number of aromatic nitrogens is 6. The standard InChI is InChI=1S/C22H27N9O2/c32-22(25-12-17-3-4-24-19(10-17)29-6-8-33-9-7-29)18-2-1-5-30(13-18)20-11-21(27-15-26-20)31-16-23-14-28-31/h3-4,10-11,14-16,18H,1-2,5-9,12-13H2,(H,25,32). The zero-order chi connectivity index (χ0) is 22.5. The van der Waals surface area contributed by atoms with Crippen LogP contribution in [0.25, 0.3) is 5.82 Å². The molecule has 3 aromatic heterocycles. The maximum atomic E-state index is 13.0. The van der Waals surface area contributed by atoms with E-state index >= 15 is 0 Å². The van der Waals surface area contributed by atoms with E-state index in [2.05, 4.69) is 40.2 Å². The molecule has 1 N–H and O–H groups in total. The number of ether oxygens (including phenoxy) is 1. The molecular weight excluding hydrogens is 422 g/mol. The number of nitrogens with zero attached hydrogens (tertiary/aromatic N) is 8. The first-order chi connectivity index (χ1) is 16.3. The minimum absolute atomic E-state index is 0.0648. The van der Waals surface area contributed by atoms with Crippen LogP contribution in [0.3, 0.4) is 0 Å². The Bertz CT molecular complexity index is 1070. The van der Waals surface area contributed by atoms with E-state index < -0.39 is 0 Å². The van der Waals surface area contributed by atoms with Gasteiger partial charge in [0.05, 0.1) is 19.1 Å². The molecule has 5 heterocycles. The predicted molar refractivity (Wildman–Crippen MR) is 121 cm³/mol. The average Bonchev–Trinajstić information content (AvgIpc) is 3.43. The van der Waals surface area contributed by atoms with Crippen LogP contribution in [0.4, 0.5) is 11.6 Å². The summed E-state index contributed by atoms with van der Waals surface area (Å²) in [6.45, 7) is 5.06. The number of hydrogen-bond acceptors (Lipinski definition) is 9. The van der Waals surface area contributed by atoms with Crippen molar-refractivity contribution in [1.29, 1.82) is 0 Å². The number of morpholine rings is 1. The minimum atomic E-state index is -0.0934. The lowest BCUT2D eigenvalue weighted by Gasteiger charge is -2.33. The van der Waals surface area contributed by atoms with E-state index in [-0.39, 0.29) is 11.8 Å². The topological polar surface area (TPSA) is 114 Å². The molecule has 0 spiro atoms. The van der Waals surface area contributed by atoms with Gasteiger partial charge in [-0.05, 0) is 30.5 Å². The molecule has 172 valence electrons. The molecule has 0 aromatic carbocycles. The highest BCUT2D eigenvalue weighted by atomic mass is 16.5. The fraction of sp³-hybridized carbons (Fsp3) is 0.455. The lowest BCUT2D eigenvalue weighted by Crippen LogP contribution is -2.43. The van der Waals surface area contributed by atoms with Crippen LogP contribution in [-0.4, -0.2) is 75.0 Å². The van der Waals surface area contributed by atoms with Gasteiger partial charge in [0, 0.05) is 45.0 Å². The number of anilines is 2. The van der Waals surface area contributed by atoms with Gasteiger partial charge in [0.15, 0.2) is 5.82 Å². The molecule has 2 aliphatic heterocycles. The van der Waals surface area contributed by atoms with Crippen LogP contribution < -0.4 is 15.1 Å². The average molecular weight is 450 g/mol. The Balaban J connectivity index is 1.19. The molecule has 1 amide bonds. The largest absolute Gasteiger partial charge is 0.378 e. The third-order valence-electron chi connectivity index (χ3n) is 6.02. The van der Waals surface area contributed by atoms with Gasteiger partial charge < -0.3 is 19.9 Å². The molecule has 5 rings (SSSR count). The SMILES string of the molecule is O=C(NCc1ccnc(N2CCOCC2)c1)C1CCCN(c2cc(-n3cncn3)ncn2)C1. The summed E-state index contributed by atoms with van der Waals surface area (Å²) >= 11 is 0. The quantitative estimate of drug-likeness (QED) is 0.584. The van der Waals surface area contributed by atoms with E-state index in [1.807, 2.05) is 18.2 Å². The number of carbonyl (C=O) groups excluding carboxylic acids is 1. The first-order valence-corrected chi connectivity index (χ1v) is 11.2. The van der Waals surface area contributed by atoms with E-state index in [4.69, 9.17) is 4.74 Å². The summed E-state index contributed by atoms with van der Waals surface area (Å²) in [5, 5.41) is 7.24. The summed E-state index contributed by atoms with van der Waals surface area (Å²) in [6.07, 6.45) is 8.18. The van der Waals surface area contributed by atoms with Gasteiger partial charge in [-0.1, -0.05) is 0 Å². The Morgan fingerprint density at radius 2 is 1.88 bits per heavy atom. The van der Waals surface area contributed by atoms with Crippen molar-refractivity contribution in [2.75, 3.05) is 49.2 Å². The van der Waals surface area contributed by atoms with Crippen molar-refractivity contribution in [3.8, 4) is 5.82 Å². The number of nitrogens with one attached hydrogen (secondary N) is 1. The molecule has 33 heavy (non-hydrogen) atoms. The van der Waals surface area contributed by atoms with Gasteiger partial charge in [0.2, 0.25) is 5.91 Å². The molecule has 11 heteroatoms. The Hall–Kier alpha value is -3.60. The molecule has 0 radical (unpaired) electrons. The number of hydrogen-bond donors (Lipinski definition) is 1. The van der Waals surface area contributed by atoms with Crippen molar-refractivity contribution in [1.82, 2.24) is 35.0 Å². The number of pyridine rings is 1. The van der Waals surface area contributed by atoms with Gasteiger partial charge in [-0.15, -0.1) is 0 Å². The van der Waals surface area contributed by atoms with Crippen LogP contribution in [0.2, 0.25) is 0 Å². The zero-order valence-corrected chi connectivity index (χ0v) is 18.4. The van der Waals surface area contributed by atoms with Crippen molar-refractivity contribution in [2.24, 2.45) is 5.92 Å². The van der Waals surface area contributed by atoms with Crippen LogP contribution in [0.15, 0.2) is 43.4 Å². The van der Waals surface area contributed by atoms with E-state index in [0.29, 0.717) is 32.1 Å². The monoisotopic (exact) mass is 449 g/mol. The second-order valence-electron chi connectivity index (χ2n) is 8.20. The highest BCUT2D eigenvalue weighted by molar-refractivity contribution is 5.79. The zero-order valence-electron chi connectivity index (χ0n) is 18.4. The fourth-order valence-corrected chi connectivity index (χ4v) is 4.23.